The zero-order valence-electron chi connectivity index (χ0n) is 15.9. The van der Waals surface area contributed by atoms with Gasteiger partial charge in [-0.15, -0.1) is 11.3 Å². The molecule has 1 amide bonds. The second-order valence-corrected chi connectivity index (χ2v) is 10.3. The third-order valence-corrected chi connectivity index (χ3v) is 8.23. The molecule has 3 rings (SSSR count). The third-order valence-electron chi connectivity index (χ3n) is 4.78. The Kier molecular flexibility index (Phi) is 6.02. The van der Waals surface area contributed by atoms with Gasteiger partial charge in [-0.1, -0.05) is 6.42 Å². The number of aryl methyl sites for hydroxylation is 2. The molecule has 27 heavy (non-hydrogen) atoms. The Bertz CT molecular complexity index is 911. The maximum absolute atomic E-state index is 12.7. The van der Waals surface area contributed by atoms with Gasteiger partial charge in [0, 0.05) is 36.8 Å². The molecule has 2 aromatic rings. The van der Waals surface area contributed by atoms with Gasteiger partial charge in [0.1, 0.15) is 4.21 Å². The normalized spacial score (nSPS) is 17.0. The molecule has 1 saturated heterocycles. The molecule has 148 valence electrons. The largest absolute Gasteiger partial charge is 0.349 e. The summed E-state index contributed by atoms with van der Waals surface area (Å²) in [5.74, 6) is -0.130. The number of sulfonamides is 1. The number of nitrogens with zero attached hydrogens (tertiary/aromatic N) is 3. The van der Waals surface area contributed by atoms with E-state index in [1.165, 1.54) is 11.3 Å². The molecule has 1 aliphatic heterocycles. The molecule has 2 aromatic heterocycles. The molecule has 1 N–H and O–H groups in total. The number of nitrogens with one attached hydrogen (secondary N) is 1. The van der Waals surface area contributed by atoms with Crippen molar-refractivity contribution in [2.24, 2.45) is 7.05 Å². The summed E-state index contributed by atoms with van der Waals surface area (Å²) >= 11 is 1.19. The molecular formula is C18H26N4O3S2. The molecule has 1 atom stereocenters. The molecule has 0 spiro atoms. The smallest absolute Gasteiger partial charge is 0.252 e. The van der Waals surface area contributed by atoms with Crippen LogP contribution in [0.4, 0.5) is 0 Å². The fourth-order valence-electron chi connectivity index (χ4n) is 3.40. The van der Waals surface area contributed by atoms with Gasteiger partial charge >= 0.3 is 0 Å². The van der Waals surface area contributed by atoms with Crippen LogP contribution < -0.4 is 5.32 Å². The van der Waals surface area contributed by atoms with Gasteiger partial charge in [-0.2, -0.15) is 9.40 Å². The first-order chi connectivity index (χ1) is 12.8. The maximum Gasteiger partial charge on any atom is 0.252 e. The fourth-order valence-corrected chi connectivity index (χ4v) is 6.42. The van der Waals surface area contributed by atoms with E-state index in [0.717, 1.165) is 35.4 Å². The van der Waals surface area contributed by atoms with Gasteiger partial charge < -0.3 is 5.32 Å². The zero-order valence-corrected chi connectivity index (χ0v) is 17.6. The van der Waals surface area contributed by atoms with Crippen LogP contribution in [0.5, 0.6) is 0 Å². The van der Waals surface area contributed by atoms with E-state index in [-0.39, 0.29) is 18.4 Å². The van der Waals surface area contributed by atoms with E-state index in [1.807, 2.05) is 27.1 Å². The number of rotatable bonds is 6. The average Bonchev–Trinajstić information content (AvgIpc) is 3.22. The number of thiophene rings is 1. The Morgan fingerprint density at radius 3 is 2.63 bits per heavy atom. The molecule has 0 saturated carbocycles. The average molecular weight is 411 g/mol. The molecule has 7 nitrogen and oxygen atoms in total. The fraction of sp³-hybridized carbons (Fsp3) is 0.556. The van der Waals surface area contributed by atoms with Gasteiger partial charge in [-0.05, 0) is 38.8 Å². The second kappa shape index (κ2) is 8.12. The van der Waals surface area contributed by atoms with E-state index in [2.05, 4.69) is 10.4 Å². The summed E-state index contributed by atoms with van der Waals surface area (Å²) in [6.45, 7) is 4.99. The summed E-state index contributed by atoms with van der Waals surface area (Å²) in [6.07, 6.45) is 4.96. The monoisotopic (exact) mass is 410 g/mol. The van der Waals surface area contributed by atoms with Crippen LogP contribution in [0.2, 0.25) is 0 Å². The highest BCUT2D eigenvalue weighted by Crippen LogP contribution is 2.27. The summed E-state index contributed by atoms with van der Waals surface area (Å²) < 4.78 is 29.0. The van der Waals surface area contributed by atoms with Crippen LogP contribution in [0, 0.1) is 6.92 Å². The predicted molar refractivity (Wildman–Crippen MR) is 105 cm³/mol. The van der Waals surface area contributed by atoms with Crippen LogP contribution in [0.15, 0.2) is 22.5 Å². The quantitative estimate of drug-likeness (QED) is 0.792. The first-order valence-electron chi connectivity index (χ1n) is 9.16. The zero-order chi connectivity index (χ0) is 19.6. The van der Waals surface area contributed by atoms with E-state index in [0.29, 0.717) is 17.3 Å². The standard InChI is InChI=1S/C18H26N4O3S2/c1-13(16-12-21(3)20-14(16)2)19-17(23)11-15-7-8-18(26-15)27(24,25)22-9-5-4-6-10-22/h7-8,12-13H,4-6,9-11H2,1-3H3,(H,19,23). The summed E-state index contributed by atoms with van der Waals surface area (Å²) in [5.41, 5.74) is 1.86. The molecule has 0 aromatic carbocycles. The van der Waals surface area contributed by atoms with E-state index in [1.54, 1.807) is 21.1 Å². The molecule has 3 heterocycles. The summed E-state index contributed by atoms with van der Waals surface area (Å²) in [6, 6.07) is 3.20. The highest BCUT2D eigenvalue weighted by Gasteiger charge is 2.27. The van der Waals surface area contributed by atoms with E-state index < -0.39 is 10.0 Å². The minimum absolute atomic E-state index is 0.130. The van der Waals surface area contributed by atoms with Crippen molar-refractivity contribution in [2.45, 2.75) is 49.8 Å². The Morgan fingerprint density at radius 2 is 2.00 bits per heavy atom. The Balaban J connectivity index is 1.63. The van der Waals surface area contributed by atoms with Gasteiger partial charge in [0.2, 0.25) is 5.91 Å². The Labute approximate surface area is 164 Å². The van der Waals surface area contributed by atoms with Crippen LogP contribution >= 0.6 is 11.3 Å². The van der Waals surface area contributed by atoms with Crippen LogP contribution in [-0.2, 0) is 28.3 Å². The molecule has 0 radical (unpaired) electrons. The molecule has 9 heteroatoms. The molecule has 1 unspecified atom stereocenters. The molecule has 1 fully saturated rings. The van der Waals surface area contributed by atoms with Gasteiger partial charge in [-0.25, -0.2) is 8.42 Å². The van der Waals surface area contributed by atoms with Crippen molar-refractivity contribution in [3.63, 3.8) is 0 Å². The first-order valence-corrected chi connectivity index (χ1v) is 11.4. The van der Waals surface area contributed by atoms with Crippen LogP contribution in [0.25, 0.3) is 0 Å². The lowest BCUT2D eigenvalue weighted by Gasteiger charge is -2.25. The van der Waals surface area contributed by atoms with Gasteiger partial charge in [0.25, 0.3) is 10.0 Å². The van der Waals surface area contributed by atoms with Crippen molar-refractivity contribution >= 4 is 27.3 Å². The number of carbonyl (C=O) groups is 1. The lowest BCUT2D eigenvalue weighted by Crippen LogP contribution is -2.35. The van der Waals surface area contributed by atoms with E-state index in [9.17, 15) is 13.2 Å². The summed E-state index contributed by atoms with van der Waals surface area (Å²) in [7, 11) is -1.59. The molecule has 0 aliphatic carbocycles. The third kappa shape index (κ3) is 4.59. The van der Waals surface area contributed by atoms with Crippen molar-refractivity contribution in [3.8, 4) is 0 Å². The van der Waals surface area contributed by atoms with E-state index in [4.69, 9.17) is 0 Å². The Morgan fingerprint density at radius 1 is 1.30 bits per heavy atom. The summed E-state index contributed by atoms with van der Waals surface area (Å²) in [4.78, 5) is 13.1. The number of carbonyl (C=O) groups excluding carboxylic acids is 1. The minimum atomic E-state index is -3.44. The number of aromatic nitrogens is 2. The highest BCUT2D eigenvalue weighted by molar-refractivity contribution is 7.91. The number of amides is 1. The lowest BCUT2D eigenvalue weighted by molar-refractivity contribution is -0.121. The topological polar surface area (TPSA) is 84.3 Å². The van der Waals surface area contributed by atoms with Crippen molar-refractivity contribution < 1.29 is 13.2 Å². The minimum Gasteiger partial charge on any atom is -0.349 e. The van der Waals surface area contributed by atoms with Crippen molar-refractivity contribution in [2.75, 3.05) is 13.1 Å². The van der Waals surface area contributed by atoms with Gasteiger partial charge in [0.05, 0.1) is 18.2 Å². The van der Waals surface area contributed by atoms with Crippen molar-refractivity contribution in [1.29, 1.82) is 0 Å². The van der Waals surface area contributed by atoms with Crippen LogP contribution in [0.1, 0.15) is 48.4 Å². The van der Waals surface area contributed by atoms with Crippen LogP contribution in [-0.4, -0.2) is 41.5 Å². The molecule has 1 aliphatic rings. The van der Waals surface area contributed by atoms with Crippen molar-refractivity contribution in [1.82, 2.24) is 19.4 Å². The second-order valence-electron chi connectivity index (χ2n) is 6.99. The highest BCUT2D eigenvalue weighted by atomic mass is 32.2. The Hall–Kier alpha value is -1.71. The van der Waals surface area contributed by atoms with E-state index >= 15 is 0 Å². The van der Waals surface area contributed by atoms with Crippen LogP contribution in [0.3, 0.4) is 0 Å². The molecule has 0 bridgehead atoms. The SMILES string of the molecule is Cc1nn(C)cc1C(C)NC(=O)Cc1ccc(S(=O)(=O)N2CCCCC2)s1. The van der Waals surface area contributed by atoms with Gasteiger partial charge in [-0.3, -0.25) is 9.48 Å². The van der Waals surface area contributed by atoms with Crippen molar-refractivity contribution in [3.05, 3.63) is 34.5 Å². The first kappa shape index (κ1) is 20.0. The summed E-state index contributed by atoms with van der Waals surface area (Å²) in [5, 5.41) is 7.26. The predicted octanol–water partition coefficient (Wildman–Crippen LogP) is 2.38. The lowest BCUT2D eigenvalue weighted by atomic mass is 10.1. The maximum atomic E-state index is 12.7. The number of piperidine rings is 1. The molecular weight excluding hydrogens is 384 g/mol. The number of hydrogen-bond donors (Lipinski definition) is 1. The van der Waals surface area contributed by atoms with Gasteiger partial charge in [0.15, 0.2) is 0 Å². The number of hydrogen-bond acceptors (Lipinski definition) is 5.